The second-order valence-electron chi connectivity index (χ2n) is 7.33. The number of likely N-dealkylation sites (N-methyl/N-ethyl adjacent to an activating group) is 1. The maximum Gasteiger partial charge on any atom is 0.243 e. The third-order valence-corrected chi connectivity index (χ3v) is 5.20. The van der Waals surface area contributed by atoms with Crippen LogP contribution in [0.15, 0.2) is 17.6 Å². The molecule has 0 aromatic carbocycles. The smallest absolute Gasteiger partial charge is 0.243 e. The van der Waals surface area contributed by atoms with Crippen molar-refractivity contribution in [3.63, 3.8) is 0 Å². The van der Waals surface area contributed by atoms with E-state index in [0.29, 0.717) is 6.54 Å². The molecule has 0 saturated carbocycles. The van der Waals surface area contributed by atoms with Gasteiger partial charge >= 0.3 is 0 Å². The molecule has 8 nitrogen and oxygen atoms in total. The van der Waals surface area contributed by atoms with E-state index in [0.717, 1.165) is 58.1 Å². The Bertz CT molecular complexity index is 555. The zero-order valence-electron chi connectivity index (χ0n) is 17.4. The number of amides is 2. The Kier molecular flexibility index (Phi) is 10.8. The summed E-state index contributed by atoms with van der Waals surface area (Å²) in [5.74, 6) is 0.941. The molecule has 0 aromatic rings. The second kappa shape index (κ2) is 12.3. The Hall–Kier alpha value is -1.36. The van der Waals surface area contributed by atoms with Gasteiger partial charge in [-0.3, -0.25) is 14.5 Å². The van der Waals surface area contributed by atoms with E-state index < -0.39 is 0 Å². The predicted octanol–water partition coefficient (Wildman–Crippen LogP) is 0.453. The molecule has 0 aromatic heterocycles. The second-order valence-corrected chi connectivity index (χ2v) is 7.33. The Morgan fingerprint density at radius 1 is 1.11 bits per heavy atom. The fourth-order valence-electron chi connectivity index (χ4n) is 3.39. The number of piperazine rings is 1. The fraction of sp³-hybridized carbons (Fsp3) is 0.737. The molecular weight excluding hydrogens is 471 g/mol. The van der Waals surface area contributed by atoms with Gasteiger partial charge in [0.25, 0.3) is 0 Å². The normalized spacial score (nSPS) is 19.0. The largest absolute Gasteiger partial charge is 0.353 e. The molecule has 2 rings (SSSR count). The van der Waals surface area contributed by atoms with Crippen LogP contribution in [0, 0.1) is 0 Å². The van der Waals surface area contributed by atoms with Crippen molar-refractivity contribution in [2.75, 3.05) is 66.5 Å². The minimum Gasteiger partial charge on any atom is -0.353 e. The first-order valence-corrected chi connectivity index (χ1v) is 9.81. The summed E-state index contributed by atoms with van der Waals surface area (Å²) in [5, 5.41) is 3.24. The van der Waals surface area contributed by atoms with E-state index in [9.17, 15) is 9.59 Å². The van der Waals surface area contributed by atoms with Crippen molar-refractivity contribution in [3.8, 4) is 0 Å². The van der Waals surface area contributed by atoms with Crippen LogP contribution in [-0.2, 0) is 9.59 Å². The molecule has 1 unspecified atom stereocenters. The molecule has 0 aliphatic carbocycles. The quantitative estimate of drug-likeness (QED) is 0.245. The molecule has 2 aliphatic rings. The average molecular weight is 506 g/mol. The van der Waals surface area contributed by atoms with Crippen molar-refractivity contribution in [3.05, 3.63) is 12.7 Å². The van der Waals surface area contributed by atoms with Crippen molar-refractivity contribution >= 4 is 41.8 Å². The van der Waals surface area contributed by atoms with Gasteiger partial charge in [-0.05, 0) is 19.8 Å². The molecule has 0 spiro atoms. The van der Waals surface area contributed by atoms with Gasteiger partial charge in [-0.25, -0.2) is 4.99 Å². The van der Waals surface area contributed by atoms with Crippen LogP contribution < -0.4 is 5.32 Å². The molecule has 2 saturated heterocycles. The highest BCUT2D eigenvalue weighted by Gasteiger charge is 2.30. The highest BCUT2D eigenvalue weighted by molar-refractivity contribution is 14.0. The van der Waals surface area contributed by atoms with Crippen LogP contribution in [0.5, 0.6) is 0 Å². The van der Waals surface area contributed by atoms with Crippen molar-refractivity contribution in [2.45, 2.75) is 25.8 Å². The average Bonchev–Trinajstić information content (AvgIpc) is 3.21. The molecule has 9 heteroatoms. The van der Waals surface area contributed by atoms with Gasteiger partial charge in [0, 0.05) is 59.9 Å². The predicted molar refractivity (Wildman–Crippen MR) is 123 cm³/mol. The number of nitrogens with one attached hydrogen (secondary N) is 1. The first-order chi connectivity index (χ1) is 12.9. The summed E-state index contributed by atoms with van der Waals surface area (Å²) in [5.41, 5.74) is 0. The Morgan fingerprint density at radius 2 is 1.71 bits per heavy atom. The zero-order valence-corrected chi connectivity index (χ0v) is 19.7. The van der Waals surface area contributed by atoms with Crippen LogP contribution in [-0.4, -0.2) is 110 Å². The summed E-state index contributed by atoms with van der Waals surface area (Å²) < 4.78 is 0. The summed E-state index contributed by atoms with van der Waals surface area (Å²) in [6, 6.07) is -0.0814. The number of hydrogen-bond acceptors (Lipinski definition) is 4. The molecule has 2 amide bonds. The lowest BCUT2D eigenvalue weighted by Gasteiger charge is -2.39. The summed E-state index contributed by atoms with van der Waals surface area (Å²) in [6.45, 7) is 11.4. The minimum absolute atomic E-state index is 0. The Morgan fingerprint density at radius 3 is 2.25 bits per heavy atom. The summed E-state index contributed by atoms with van der Waals surface area (Å²) in [4.78, 5) is 36.9. The lowest BCUT2D eigenvalue weighted by atomic mass is 10.2. The van der Waals surface area contributed by atoms with Crippen LogP contribution in [0.25, 0.3) is 0 Å². The van der Waals surface area contributed by atoms with Gasteiger partial charge in [-0.2, -0.15) is 0 Å². The molecule has 2 fully saturated rings. The van der Waals surface area contributed by atoms with Gasteiger partial charge in [0.1, 0.15) is 6.54 Å². The van der Waals surface area contributed by atoms with Gasteiger partial charge < -0.3 is 20.0 Å². The molecule has 160 valence electrons. The molecule has 0 bridgehead atoms. The first kappa shape index (κ1) is 24.7. The SMILES string of the molecule is C=CCNC(=NCC(=O)N(C)C)N1CCN(C(C)C(=O)N2CCCC2)CC1.I. The van der Waals surface area contributed by atoms with Gasteiger partial charge in [0.15, 0.2) is 5.96 Å². The van der Waals surface area contributed by atoms with Gasteiger partial charge in [0.05, 0.1) is 6.04 Å². The molecule has 2 aliphatic heterocycles. The van der Waals surface area contributed by atoms with Gasteiger partial charge in [-0.1, -0.05) is 6.08 Å². The van der Waals surface area contributed by atoms with Crippen LogP contribution in [0.2, 0.25) is 0 Å². The van der Waals surface area contributed by atoms with E-state index in [2.05, 4.69) is 26.7 Å². The van der Waals surface area contributed by atoms with Crippen LogP contribution >= 0.6 is 24.0 Å². The third-order valence-electron chi connectivity index (χ3n) is 5.20. The number of carbonyl (C=O) groups is 2. The number of guanidine groups is 1. The molecule has 0 radical (unpaired) electrons. The number of rotatable bonds is 6. The van der Waals surface area contributed by atoms with Crippen molar-refractivity contribution in [1.82, 2.24) is 24.9 Å². The highest BCUT2D eigenvalue weighted by atomic mass is 127. The lowest BCUT2D eigenvalue weighted by Crippen LogP contribution is -2.57. The first-order valence-electron chi connectivity index (χ1n) is 9.81. The molecule has 2 heterocycles. The van der Waals surface area contributed by atoms with Crippen molar-refractivity contribution in [2.24, 2.45) is 4.99 Å². The summed E-state index contributed by atoms with van der Waals surface area (Å²) in [7, 11) is 3.46. The third kappa shape index (κ3) is 6.91. The number of aliphatic imine (C=N–C) groups is 1. The van der Waals surface area contributed by atoms with Gasteiger partial charge in [0.2, 0.25) is 11.8 Å². The van der Waals surface area contributed by atoms with E-state index >= 15 is 0 Å². The van der Waals surface area contributed by atoms with Crippen LogP contribution in [0.4, 0.5) is 0 Å². The number of halogens is 1. The molecule has 1 atom stereocenters. The topological polar surface area (TPSA) is 71.5 Å². The summed E-state index contributed by atoms with van der Waals surface area (Å²) in [6.07, 6.45) is 4.01. The number of hydrogen-bond donors (Lipinski definition) is 1. The maximum absolute atomic E-state index is 12.6. The minimum atomic E-state index is -0.0814. The standard InChI is InChI=1S/C19H34N6O2.HI/c1-5-8-20-19(21-15-17(26)22(3)4)25-13-11-23(12-14-25)16(2)18(27)24-9-6-7-10-24;/h5,16H,1,6-15H2,2-4H3,(H,20,21);1H. The van der Waals surface area contributed by atoms with E-state index in [1.165, 1.54) is 4.90 Å². The number of likely N-dealkylation sites (tertiary alicyclic amines) is 1. The monoisotopic (exact) mass is 506 g/mol. The Labute approximate surface area is 186 Å². The van der Waals surface area contributed by atoms with Crippen molar-refractivity contribution in [1.29, 1.82) is 0 Å². The molecule has 28 heavy (non-hydrogen) atoms. The van der Waals surface area contributed by atoms with E-state index in [1.807, 2.05) is 11.8 Å². The molecule has 1 N–H and O–H groups in total. The van der Waals surface area contributed by atoms with Crippen molar-refractivity contribution < 1.29 is 9.59 Å². The Balaban J connectivity index is 0.00000392. The van der Waals surface area contributed by atoms with E-state index in [1.54, 1.807) is 20.2 Å². The summed E-state index contributed by atoms with van der Waals surface area (Å²) >= 11 is 0. The van der Waals surface area contributed by atoms with E-state index in [-0.39, 0.29) is 48.4 Å². The zero-order chi connectivity index (χ0) is 19.8. The number of nitrogens with zero attached hydrogens (tertiary/aromatic N) is 5. The van der Waals surface area contributed by atoms with Gasteiger partial charge in [-0.15, -0.1) is 30.6 Å². The van der Waals surface area contributed by atoms with E-state index in [4.69, 9.17) is 0 Å². The lowest BCUT2D eigenvalue weighted by molar-refractivity contribution is -0.135. The van der Waals surface area contributed by atoms with Crippen LogP contribution in [0.1, 0.15) is 19.8 Å². The highest BCUT2D eigenvalue weighted by Crippen LogP contribution is 2.14. The number of carbonyl (C=O) groups excluding carboxylic acids is 2. The molecular formula is C19H35IN6O2. The maximum atomic E-state index is 12.6. The fourth-order valence-corrected chi connectivity index (χ4v) is 3.39. The van der Waals surface area contributed by atoms with Crippen LogP contribution in [0.3, 0.4) is 0 Å².